The molecule has 0 unspecified atom stereocenters. The monoisotopic (exact) mass is 280 g/mol. The molecule has 2 rings (SSSR count). The van der Waals surface area contributed by atoms with E-state index in [4.69, 9.17) is 10.5 Å². The van der Waals surface area contributed by atoms with Gasteiger partial charge in [0.15, 0.2) is 0 Å². The molecular formula is C15H24N2OS. The fourth-order valence-electron chi connectivity index (χ4n) is 2.72. The first kappa shape index (κ1) is 14.7. The number of nitrogens with zero attached hydrogens (tertiary/aromatic N) is 1. The Labute approximate surface area is 120 Å². The van der Waals surface area contributed by atoms with Crippen molar-refractivity contribution in [2.45, 2.75) is 24.3 Å². The zero-order chi connectivity index (χ0) is 13.7. The third-order valence-electron chi connectivity index (χ3n) is 3.82. The van der Waals surface area contributed by atoms with Crippen LogP contribution < -0.4 is 10.6 Å². The molecular weight excluding hydrogens is 256 g/mol. The second-order valence-electron chi connectivity index (χ2n) is 5.10. The number of rotatable bonds is 5. The summed E-state index contributed by atoms with van der Waals surface area (Å²) in [4.78, 5) is 3.65. The number of ether oxygens (including phenoxy) is 1. The average Bonchev–Trinajstić information content (AvgIpc) is 2.47. The van der Waals surface area contributed by atoms with Gasteiger partial charge in [0.1, 0.15) is 0 Å². The minimum Gasteiger partial charge on any atom is -0.381 e. The fraction of sp³-hybridized carbons (Fsp3) is 0.600. The van der Waals surface area contributed by atoms with Gasteiger partial charge in [-0.2, -0.15) is 0 Å². The number of anilines is 1. The lowest BCUT2D eigenvalue weighted by Crippen LogP contribution is -2.30. The molecule has 0 aliphatic carbocycles. The van der Waals surface area contributed by atoms with E-state index >= 15 is 0 Å². The molecule has 0 bridgehead atoms. The van der Waals surface area contributed by atoms with Crippen molar-refractivity contribution < 1.29 is 4.74 Å². The zero-order valence-electron chi connectivity index (χ0n) is 11.9. The van der Waals surface area contributed by atoms with Crippen molar-refractivity contribution in [1.29, 1.82) is 0 Å². The summed E-state index contributed by atoms with van der Waals surface area (Å²) in [6, 6.07) is 6.46. The van der Waals surface area contributed by atoms with E-state index in [1.807, 2.05) is 0 Å². The van der Waals surface area contributed by atoms with E-state index in [0.717, 1.165) is 25.7 Å². The maximum atomic E-state index is 5.94. The van der Waals surface area contributed by atoms with E-state index in [9.17, 15) is 0 Å². The van der Waals surface area contributed by atoms with Crippen LogP contribution >= 0.6 is 11.8 Å². The predicted octanol–water partition coefficient (Wildman–Crippen LogP) is 2.73. The maximum Gasteiger partial charge on any atom is 0.0469 e. The Morgan fingerprint density at radius 1 is 1.37 bits per heavy atom. The van der Waals surface area contributed by atoms with Crippen molar-refractivity contribution in [2.24, 2.45) is 11.7 Å². The minimum absolute atomic E-state index is 0.602. The Hall–Kier alpha value is -0.710. The molecule has 1 fully saturated rings. The van der Waals surface area contributed by atoms with Gasteiger partial charge in [-0.3, -0.25) is 0 Å². The van der Waals surface area contributed by atoms with Crippen LogP contribution in [-0.4, -0.2) is 33.1 Å². The van der Waals surface area contributed by atoms with Gasteiger partial charge in [0.25, 0.3) is 0 Å². The molecule has 0 radical (unpaired) electrons. The Kier molecular flexibility index (Phi) is 5.55. The van der Waals surface area contributed by atoms with Gasteiger partial charge in [-0.25, -0.2) is 0 Å². The van der Waals surface area contributed by atoms with Crippen molar-refractivity contribution in [3.63, 3.8) is 0 Å². The third kappa shape index (κ3) is 3.65. The second-order valence-corrected chi connectivity index (χ2v) is 5.95. The second kappa shape index (κ2) is 7.17. The molecule has 1 saturated heterocycles. The van der Waals surface area contributed by atoms with Crippen LogP contribution in [0.3, 0.4) is 0 Å². The first-order valence-corrected chi connectivity index (χ1v) is 8.13. The van der Waals surface area contributed by atoms with Crippen LogP contribution in [0.4, 0.5) is 5.69 Å². The van der Waals surface area contributed by atoms with E-state index in [0.29, 0.717) is 6.54 Å². The topological polar surface area (TPSA) is 38.5 Å². The molecule has 1 heterocycles. The summed E-state index contributed by atoms with van der Waals surface area (Å²) in [5.41, 5.74) is 8.48. The van der Waals surface area contributed by atoms with Crippen LogP contribution in [-0.2, 0) is 11.3 Å². The normalized spacial score (nSPS) is 16.6. The molecule has 1 aromatic carbocycles. The summed E-state index contributed by atoms with van der Waals surface area (Å²) in [6.07, 6.45) is 4.45. The summed E-state index contributed by atoms with van der Waals surface area (Å²) in [5, 5.41) is 0. The van der Waals surface area contributed by atoms with E-state index in [1.165, 1.54) is 29.0 Å². The molecule has 0 spiro atoms. The SMILES string of the molecule is CSc1cccc(N(C)CC2CCOCC2)c1CN. The minimum atomic E-state index is 0.602. The van der Waals surface area contributed by atoms with Crippen molar-refractivity contribution in [3.05, 3.63) is 23.8 Å². The smallest absolute Gasteiger partial charge is 0.0469 e. The number of benzene rings is 1. The molecule has 1 aromatic rings. The molecule has 1 aliphatic heterocycles. The Morgan fingerprint density at radius 3 is 2.74 bits per heavy atom. The van der Waals surface area contributed by atoms with Gasteiger partial charge >= 0.3 is 0 Å². The molecule has 0 amide bonds. The summed E-state index contributed by atoms with van der Waals surface area (Å²) in [6.45, 7) is 3.51. The van der Waals surface area contributed by atoms with Crippen molar-refractivity contribution in [3.8, 4) is 0 Å². The Balaban J connectivity index is 2.11. The Morgan fingerprint density at radius 2 is 2.11 bits per heavy atom. The lowest BCUT2D eigenvalue weighted by molar-refractivity contribution is 0.0685. The van der Waals surface area contributed by atoms with Gasteiger partial charge in [-0.15, -0.1) is 11.8 Å². The number of nitrogens with two attached hydrogens (primary N) is 1. The number of thioether (sulfide) groups is 1. The highest BCUT2D eigenvalue weighted by Gasteiger charge is 2.18. The van der Waals surface area contributed by atoms with Gasteiger partial charge in [0, 0.05) is 49.5 Å². The van der Waals surface area contributed by atoms with E-state index in [1.54, 1.807) is 11.8 Å². The maximum absolute atomic E-state index is 5.94. The molecule has 0 aromatic heterocycles. The summed E-state index contributed by atoms with van der Waals surface area (Å²) in [5.74, 6) is 0.738. The van der Waals surface area contributed by atoms with Crippen LogP contribution in [0.25, 0.3) is 0 Å². The van der Waals surface area contributed by atoms with Crippen LogP contribution in [0.2, 0.25) is 0 Å². The standard InChI is InChI=1S/C15H24N2OS/c1-17(11-12-6-8-18-9-7-12)14-4-3-5-15(19-2)13(14)10-16/h3-5,12H,6-11,16H2,1-2H3. The van der Waals surface area contributed by atoms with Gasteiger partial charge in [0.2, 0.25) is 0 Å². The van der Waals surface area contributed by atoms with Crippen molar-refractivity contribution >= 4 is 17.4 Å². The van der Waals surface area contributed by atoms with E-state index < -0.39 is 0 Å². The van der Waals surface area contributed by atoms with Crippen LogP contribution in [0.15, 0.2) is 23.1 Å². The molecule has 0 saturated carbocycles. The Bertz CT molecular complexity index is 405. The van der Waals surface area contributed by atoms with Gasteiger partial charge in [-0.05, 0) is 37.1 Å². The van der Waals surface area contributed by atoms with Crippen LogP contribution in [0.5, 0.6) is 0 Å². The van der Waals surface area contributed by atoms with Gasteiger partial charge < -0.3 is 15.4 Å². The highest BCUT2D eigenvalue weighted by atomic mass is 32.2. The number of hydrogen-bond donors (Lipinski definition) is 1. The summed E-state index contributed by atoms with van der Waals surface area (Å²) < 4.78 is 5.43. The fourth-order valence-corrected chi connectivity index (χ4v) is 3.37. The highest BCUT2D eigenvalue weighted by Crippen LogP contribution is 2.30. The summed E-state index contributed by atoms with van der Waals surface area (Å²) in [7, 11) is 2.17. The highest BCUT2D eigenvalue weighted by molar-refractivity contribution is 7.98. The molecule has 106 valence electrons. The van der Waals surface area contributed by atoms with Crippen molar-refractivity contribution in [1.82, 2.24) is 0 Å². The van der Waals surface area contributed by atoms with Gasteiger partial charge in [-0.1, -0.05) is 6.07 Å². The van der Waals surface area contributed by atoms with E-state index in [2.05, 4.69) is 36.4 Å². The zero-order valence-corrected chi connectivity index (χ0v) is 12.7. The van der Waals surface area contributed by atoms with Crippen LogP contribution in [0, 0.1) is 5.92 Å². The largest absolute Gasteiger partial charge is 0.381 e. The quantitative estimate of drug-likeness (QED) is 0.842. The van der Waals surface area contributed by atoms with Crippen molar-refractivity contribution in [2.75, 3.05) is 38.0 Å². The molecule has 19 heavy (non-hydrogen) atoms. The number of hydrogen-bond acceptors (Lipinski definition) is 4. The predicted molar refractivity (Wildman–Crippen MR) is 82.9 cm³/mol. The van der Waals surface area contributed by atoms with Crippen LogP contribution in [0.1, 0.15) is 18.4 Å². The molecule has 4 heteroatoms. The lowest BCUT2D eigenvalue weighted by atomic mass is 9.99. The molecule has 2 N–H and O–H groups in total. The lowest BCUT2D eigenvalue weighted by Gasteiger charge is -2.30. The first-order chi connectivity index (χ1) is 9.26. The van der Waals surface area contributed by atoms with E-state index in [-0.39, 0.29) is 0 Å². The molecule has 3 nitrogen and oxygen atoms in total. The molecule has 1 aliphatic rings. The third-order valence-corrected chi connectivity index (χ3v) is 4.64. The average molecular weight is 280 g/mol. The first-order valence-electron chi connectivity index (χ1n) is 6.91. The summed E-state index contributed by atoms with van der Waals surface area (Å²) >= 11 is 1.77. The molecule has 0 atom stereocenters. The van der Waals surface area contributed by atoms with Gasteiger partial charge in [0.05, 0.1) is 0 Å².